The van der Waals surface area contributed by atoms with Gasteiger partial charge in [0.25, 0.3) is 0 Å². The van der Waals surface area contributed by atoms with Crippen LogP contribution in [0.2, 0.25) is 0 Å². The Hall–Kier alpha value is -0.940. The molecule has 0 aromatic heterocycles. The summed E-state index contributed by atoms with van der Waals surface area (Å²) in [5.74, 6) is 0.510. The van der Waals surface area contributed by atoms with Crippen molar-refractivity contribution < 1.29 is 5.11 Å². The number of hydrogen-bond donors (Lipinski definition) is 4. The van der Waals surface area contributed by atoms with Gasteiger partial charge < -0.3 is 10.4 Å². The van der Waals surface area contributed by atoms with Crippen molar-refractivity contribution in [2.75, 3.05) is 19.6 Å². The summed E-state index contributed by atoms with van der Waals surface area (Å²) in [5.41, 5.74) is 7.82. The average Bonchev–Trinajstić information content (AvgIpc) is 2.78. The highest BCUT2D eigenvalue weighted by atomic mass is 16.3. The van der Waals surface area contributed by atoms with Gasteiger partial charge >= 0.3 is 0 Å². The van der Waals surface area contributed by atoms with Crippen molar-refractivity contribution in [3.8, 4) is 0 Å². The molecular formula is C13H21N3O. The van der Waals surface area contributed by atoms with E-state index in [9.17, 15) is 5.11 Å². The molecule has 1 aromatic carbocycles. The molecule has 3 unspecified atom stereocenters. The minimum atomic E-state index is -0.285. The maximum atomic E-state index is 9.22. The SMILES string of the molecule is CC(O)CNCC1CNNC1c1ccccc1. The quantitative estimate of drug-likeness (QED) is 0.597. The largest absolute Gasteiger partial charge is 0.392 e. The fourth-order valence-electron chi connectivity index (χ4n) is 2.22. The Bertz CT molecular complexity index is 329. The second kappa shape index (κ2) is 6.12. The first-order chi connectivity index (χ1) is 8.27. The first kappa shape index (κ1) is 12.5. The van der Waals surface area contributed by atoms with Crippen LogP contribution in [0.15, 0.2) is 30.3 Å². The smallest absolute Gasteiger partial charge is 0.0636 e. The van der Waals surface area contributed by atoms with E-state index < -0.39 is 0 Å². The summed E-state index contributed by atoms with van der Waals surface area (Å²) in [7, 11) is 0. The number of nitrogens with one attached hydrogen (secondary N) is 3. The molecule has 1 saturated heterocycles. The lowest BCUT2D eigenvalue weighted by Gasteiger charge is -2.19. The van der Waals surface area contributed by atoms with Crippen molar-refractivity contribution in [2.24, 2.45) is 5.92 Å². The summed E-state index contributed by atoms with van der Waals surface area (Å²) < 4.78 is 0. The van der Waals surface area contributed by atoms with Crippen LogP contribution in [0.25, 0.3) is 0 Å². The minimum absolute atomic E-state index is 0.285. The topological polar surface area (TPSA) is 56.3 Å². The van der Waals surface area contributed by atoms with E-state index in [0.29, 0.717) is 18.5 Å². The predicted molar refractivity (Wildman–Crippen MR) is 68.4 cm³/mol. The summed E-state index contributed by atoms with van der Waals surface area (Å²) in [6.45, 7) is 4.31. The van der Waals surface area contributed by atoms with Crippen molar-refractivity contribution in [3.63, 3.8) is 0 Å². The van der Waals surface area contributed by atoms with Gasteiger partial charge in [-0.3, -0.25) is 5.43 Å². The van der Waals surface area contributed by atoms with E-state index in [0.717, 1.165) is 13.1 Å². The second-order valence-corrected chi connectivity index (χ2v) is 4.68. The summed E-state index contributed by atoms with van der Waals surface area (Å²) >= 11 is 0. The third-order valence-corrected chi connectivity index (χ3v) is 3.10. The van der Waals surface area contributed by atoms with E-state index in [4.69, 9.17) is 0 Å². The van der Waals surface area contributed by atoms with Gasteiger partial charge in [0.15, 0.2) is 0 Å². The number of rotatable bonds is 5. The fraction of sp³-hybridized carbons (Fsp3) is 0.538. The highest BCUT2D eigenvalue weighted by Crippen LogP contribution is 2.23. The summed E-state index contributed by atoms with van der Waals surface area (Å²) in [5, 5.41) is 12.5. The van der Waals surface area contributed by atoms with Gasteiger partial charge in [-0.25, -0.2) is 5.43 Å². The summed E-state index contributed by atoms with van der Waals surface area (Å²) in [4.78, 5) is 0. The van der Waals surface area contributed by atoms with E-state index >= 15 is 0 Å². The molecule has 0 aliphatic carbocycles. The monoisotopic (exact) mass is 235 g/mol. The molecule has 3 atom stereocenters. The Balaban J connectivity index is 1.89. The first-order valence-electron chi connectivity index (χ1n) is 6.19. The number of aliphatic hydroxyl groups excluding tert-OH is 1. The highest BCUT2D eigenvalue weighted by molar-refractivity contribution is 5.20. The molecule has 2 rings (SSSR count). The molecule has 4 nitrogen and oxygen atoms in total. The average molecular weight is 235 g/mol. The van der Waals surface area contributed by atoms with Crippen LogP contribution in [0, 0.1) is 5.92 Å². The van der Waals surface area contributed by atoms with Gasteiger partial charge in [-0.1, -0.05) is 30.3 Å². The lowest BCUT2D eigenvalue weighted by atomic mass is 9.95. The van der Waals surface area contributed by atoms with Gasteiger partial charge in [-0.05, 0) is 12.5 Å². The predicted octanol–water partition coefficient (Wildman–Crippen LogP) is 0.422. The summed E-state index contributed by atoms with van der Waals surface area (Å²) in [6.07, 6.45) is -0.285. The number of aliphatic hydroxyl groups is 1. The molecule has 1 aliphatic rings. The third-order valence-electron chi connectivity index (χ3n) is 3.10. The molecule has 94 valence electrons. The van der Waals surface area contributed by atoms with E-state index in [2.05, 4.69) is 40.4 Å². The lowest BCUT2D eigenvalue weighted by molar-refractivity contribution is 0.189. The highest BCUT2D eigenvalue weighted by Gasteiger charge is 2.27. The van der Waals surface area contributed by atoms with Crippen LogP contribution in [-0.2, 0) is 0 Å². The first-order valence-corrected chi connectivity index (χ1v) is 6.19. The van der Waals surface area contributed by atoms with Crippen LogP contribution in [0.5, 0.6) is 0 Å². The van der Waals surface area contributed by atoms with Gasteiger partial charge in [0.1, 0.15) is 0 Å². The molecular weight excluding hydrogens is 214 g/mol. The Morgan fingerprint density at radius 1 is 1.41 bits per heavy atom. The Morgan fingerprint density at radius 3 is 2.88 bits per heavy atom. The Labute approximate surface area is 102 Å². The molecule has 4 heteroatoms. The molecule has 0 radical (unpaired) electrons. The van der Waals surface area contributed by atoms with Crippen LogP contribution in [0.1, 0.15) is 18.5 Å². The molecule has 1 aromatic rings. The number of hydrogen-bond acceptors (Lipinski definition) is 4. The zero-order valence-electron chi connectivity index (χ0n) is 10.2. The van der Waals surface area contributed by atoms with Crippen molar-refractivity contribution >= 4 is 0 Å². The van der Waals surface area contributed by atoms with Gasteiger partial charge in [0, 0.05) is 25.6 Å². The van der Waals surface area contributed by atoms with Gasteiger partial charge in [-0.2, -0.15) is 0 Å². The Morgan fingerprint density at radius 2 is 2.18 bits per heavy atom. The van der Waals surface area contributed by atoms with Crippen molar-refractivity contribution in [1.82, 2.24) is 16.2 Å². The molecule has 4 N–H and O–H groups in total. The minimum Gasteiger partial charge on any atom is -0.392 e. The fourth-order valence-corrected chi connectivity index (χ4v) is 2.22. The van der Waals surface area contributed by atoms with E-state index in [1.165, 1.54) is 5.56 Å². The normalized spacial score (nSPS) is 26.0. The Kier molecular flexibility index (Phi) is 4.50. The van der Waals surface area contributed by atoms with Gasteiger partial charge in [0.2, 0.25) is 0 Å². The van der Waals surface area contributed by atoms with Crippen LogP contribution in [-0.4, -0.2) is 30.8 Å². The van der Waals surface area contributed by atoms with Crippen LogP contribution < -0.4 is 16.2 Å². The van der Waals surface area contributed by atoms with Crippen molar-refractivity contribution in [3.05, 3.63) is 35.9 Å². The van der Waals surface area contributed by atoms with Crippen molar-refractivity contribution in [2.45, 2.75) is 19.1 Å². The number of benzene rings is 1. The van der Waals surface area contributed by atoms with Crippen LogP contribution >= 0.6 is 0 Å². The summed E-state index contributed by atoms with van der Waals surface area (Å²) in [6, 6.07) is 10.8. The third kappa shape index (κ3) is 3.51. The molecule has 17 heavy (non-hydrogen) atoms. The van der Waals surface area contributed by atoms with Gasteiger partial charge in [-0.15, -0.1) is 0 Å². The number of hydrazine groups is 1. The second-order valence-electron chi connectivity index (χ2n) is 4.68. The maximum Gasteiger partial charge on any atom is 0.0636 e. The van der Waals surface area contributed by atoms with Crippen LogP contribution in [0.4, 0.5) is 0 Å². The van der Waals surface area contributed by atoms with Gasteiger partial charge in [0.05, 0.1) is 12.1 Å². The molecule has 0 saturated carbocycles. The van der Waals surface area contributed by atoms with Crippen LogP contribution in [0.3, 0.4) is 0 Å². The molecule has 1 fully saturated rings. The lowest BCUT2D eigenvalue weighted by Crippen LogP contribution is -2.32. The molecule has 0 spiro atoms. The van der Waals surface area contributed by atoms with E-state index in [1.54, 1.807) is 6.92 Å². The zero-order chi connectivity index (χ0) is 12.1. The molecule has 1 aliphatic heterocycles. The van der Waals surface area contributed by atoms with E-state index in [-0.39, 0.29) is 6.10 Å². The molecule has 0 amide bonds. The maximum absolute atomic E-state index is 9.22. The molecule has 1 heterocycles. The van der Waals surface area contributed by atoms with E-state index in [1.807, 2.05) is 6.07 Å². The molecule has 0 bridgehead atoms. The standard InChI is InChI=1S/C13H21N3O/c1-10(17)7-14-8-12-9-15-16-13(12)11-5-3-2-4-6-11/h2-6,10,12-17H,7-9H2,1H3. The van der Waals surface area contributed by atoms with Crippen molar-refractivity contribution in [1.29, 1.82) is 0 Å². The zero-order valence-corrected chi connectivity index (χ0v) is 10.2.